The van der Waals surface area contributed by atoms with Crippen LogP contribution in [0.15, 0.2) is 22.8 Å². The number of furan rings is 1. The molecule has 1 aliphatic rings. The molecule has 0 radical (unpaired) electrons. The average molecular weight is 293 g/mol. The SMILES string of the molecule is CC(C)C(NC(=O)c1ccco1)C(=O)N(C)C1CCNC1. The van der Waals surface area contributed by atoms with Crippen molar-refractivity contribution >= 4 is 11.8 Å². The second-order valence-electron chi connectivity index (χ2n) is 5.77. The first-order valence-corrected chi connectivity index (χ1v) is 7.32. The van der Waals surface area contributed by atoms with Crippen LogP contribution in [0.5, 0.6) is 0 Å². The number of hydrogen-bond acceptors (Lipinski definition) is 4. The summed E-state index contributed by atoms with van der Waals surface area (Å²) in [7, 11) is 1.80. The molecule has 2 amide bonds. The average Bonchev–Trinajstić information content (AvgIpc) is 3.14. The Balaban J connectivity index is 2.03. The number of likely N-dealkylation sites (N-methyl/N-ethyl adjacent to an activating group) is 1. The Morgan fingerprint density at radius 1 is 1.48 bits per heavy atom. The van der Waals surface area contributed by atoms with Gasteiger partial charge in [0, 0.05) is 19.6 Å². The Morgan fingerprint density at radius 3 is 2.76 bits per heavy atom. The number of amides is 2. The molecule has 1 fully saturated rings. The fraction of sp³-hybridized carbons (Fsp3) is 0.600. The van der Waals surface area contributed by atoms with Gasteiger partial charge in [-0.1, -0.05) is 13.8 Å². The Labute approximate surface area is 124 Å². The van der Waals surface area contributed by atoms with Gasteiger partial charge < -0.3 is 20.0 Å². The van der Waals surface area contributed by atoms with Crippen molar-refractivity contribution in [3.63, 3.8) is 0 Å². The third-order valence-corrected chi connectivity index (χ3v) is 3.89. The van der Waals surface area contributed by atoms with Gasteiger partial charge in [-0.2, -0.15) is 0 Å². The molecule has 0 aliphatic carbocycles. The van der Waals surface area contributed by atoms with Crippen LogP contribution in [0.1, 0.15) is 30.8 Å². The fourth-order valence-corrected chi connectivity index (χ4v) is 2.50. The summed E-state index contributed by atoms with van der Waals surface area (Å²) < 4.78 is 5.07. The topological polar surface area (TPSA) is 74.6 Å². The summed E-state index contributed by atoms with van der Waals surface area (Å²) in [4.78, 5) is 26.5. The molecule has 1 saturated heterocycles. The van der Waals surface area contributed by atoms with Gasteiger partial charge in [-0.05, 0) is 31.0 Å². The monoisotopic (exact) mass is 293 g/mol. The molecule has 2 unspecified atom stereocenters. The first kappa shape index (κ1) is 15.6. The lowest BCUT2D eigenvalue weighted by Crippen LogP contribution is -2.53. The Bertz CT molecular complexity index is 478. The highest BCUT2D eigenvalue weighted by Gasteiger charge is 2.32. The molecule has 0 spiro atoms. The van der Waals surface area contributed by atoms with Gasteiger partial charge in [0.25, 0.3) is 5.91 Å². The van der Waals surface area contributed by atoms with E-state index >= 15 is 0 Å². The van der Waals surface area contributed by atoms with E-state index in [-0.39, 0.29) is 29.5 Å². The predicted molar refractivity (Wildman–Crippen MR) is 78.8 cm³/mol. The van der Waals surface area contributed by atoms with E-state index in [2.05, 4.69) is 10.6 Å². The Kier molecular flexibility index (Phi) is 5.01. The number of rotatable bonds is 5. The van der Waals surface area contributed by atoms with Gasteiger partial charge in [-0.3, -0.25) is 9.59 Å². The molecule has 2 atom stereocenters. The van der Waals surface area contributed by atoms with E-state index < -0.39 is 6.04 Å². The van der Waals surface area contributed by atoms with Gasteiger partial charge in [-0.15, -0.1) is 0 Å². The summed E-state index contributed by atoms with van der Waals surface area (Å²) >= 11 is 0. The van der Waals surface area contributed by atoms with Crippen LogP contribution in [0.2, 0.25) is 0 Å². The first-order valence-electron chi connectivity index (χ1n) is 7.32. The van der Waals surface area contributed by atoms with Crippen molar-refractivity contribution in [3.8, 4) is 0 Å². The molecule has 2 N–H and O–H groups in total. The smallest absolute Gasteiger partial charge is 0.287 e. The summed E-state index contributed by atoms with van der Waals surface area (Å²) in [5.74, 6) is -0.185. The maximum Gasteiger partial charge on any atom is 0.287 e. The third kappa shape index (κ3) is 3.64. The quantitative estimate of drug-likeness (QED) is 0.844. The lowest BCUT2D eigenvalue weighted by Gasteiger charge is -2.30. The van der Waals surface area contributed by atoms with Gasteiger partial charge in [0.05, 0.1) is 6.26 Å². The zero-order chi connectivity index (χ0) is 15.4. The number of nitrogens with one attached hydrogen (secondary N) is 2. The molecular formula is C15H23N3O3. The minimum absolute atomic E-state index is 0.00762. The van der Waals surface area contributed by atoms with Crippen LogP contribution in [0, 0.1) is 5.92 Å². The first-order chi connectivity index (χ1) is 10.0. The molecule has 6 heteroatoms. The van der Waals surface area contributed by atoms with Crippen LogP contribution in [0.3, 0.4) is 0 Å². The van der Waals surface area contributed by atoms with Gasteiger partial charge in [0.2, 0.25) is 5.91 Å². The zero-order valence-corrected chi connectivity index (χ0v) is 12.8. The fourth-order valence-electron chi connectivity index (χ4n) is 2.50. The highest BCUT2D eigenvalue weighted by atomic mass is 16.3. The molecule has 0 aromatic carbocycles. The van der Waals surface area contributed by atoms with Gasteiger partial charge in [-0.25, -0.2) is 0 Å². The van der Waals surface area contributed by atoms with Crippen molar-refractivity contribution in [2.75, 3.05) is 20.1 Å². The molecule has 1 aromatic heterocycles. The normalized spacial score (nSPS) is 19.5. The van der Waals surface area contributed by atoms with Crippen molar-refractivity contribution < 1.29 is 14.0 Å². The molecule has 1 aromatic rings. The van der Waals surface area contributed by atoms with E-state index in [4.69, 9.17) is 4.42 Å². The van der Waals surface area contributed by atoms with E-state index in [1.54, 1.807) is 24.1 Å². The largest absolute Gasteiger partial charge is 0.459 e. The number of carbonyl (C=O) groups is 2. The molecule has 6 nitrogen and oxygen atoms in total. The Morgan fingerprint density at radius 2 is 2.24 bits per heavy atom. The van der Waals surface area contributed by atoms with Crippen LogP contribution in [0.25, 0.3) is 0 Å². The summed E-state index contributed by atoms with van der Waals surface area (Å²) in [6.07, 6.45) is 2.39. The second kappa shape index (κ2) is 6.76. The van der Waals surface area contributed by atoms with Crippen molar-refractivity contribution in [2.45, 2.75) is 32.4 Å². The Hall–Kier alpha value is -1.82. The van der Waals surface area contributed by atoms with E-state index in [9.17, 15) is 9.59 Å². The van der Waals surface area contributed by atoms with Gasteiger partial charge in [0.15, 0.2) is 5.76 Å². The highest BCUT2D eigenvalue weighted by molar-refractivity contribution is 5.95. The van der Waals surface area contributed by atoms with Crippen LogP contribution in [-0.2, 0) is 4.79 Å². The predicted octanol–water partition coefficient (Wildman–Crippen LogP) is 0.854. The number of nitrogens with zero attached hydrogens (tertiary/aromatic N) is 1. The molecular weight excluding hydrogens is 270 g/mol. The van der Waals surface area contributed by atoms with Crippen molar-refractivity contribution in [3.05, 3.63) is 24.2 Å². The van der Waals surface area contributed by atoms with Crippen molar-refractivity contribution in [1.82, 2.24) is 15.5 Å². The highest BCUT2D eigenvalue weighted by Crippen LogP contribution is 2.13. The lowest BCUT2D eigenvalue weighted by molar-refractivity contribution is -0.134. The van der Waals surface area contributed by atoms with E-state index in [0.717, 1.165) is 19.5 Å². The summed E-state index contributed by atoms with van der Waals surface area (Å²) in [6.45, 7) is 5.57. The third-order valence-electron chi connectivity index (χ3n) is 3.89. The molecule has 21 heavy (non-hydrogen) atoms. The summed E-state index contributed by atoms with van der Waals surface area (Å²) in [5, 5.41) is 6.02. The van der Waals surface area contributed by atoms with Gasteiger partial charge in [0.1, 0.15) is 6.04 Å². The number of hydrogen-bond donors (Lipinski definition) is 2. The van der Waals surface area contributed by atoms with Crippen LogP contribution in [0.4, 0.5) is 0 Å². The molecule has 2 heterocycles. The number of carbonyl (C=O) groups excluding carboxylic acids is 2. The standard InChI is InChI=1S/C15H23N3O3/c1-10(2)13(17-14(19)12-5-4-8-21-12)15(20)18(3)11-6-7-16-9-11/h4-5,8,10-11,13,16H,6-7,9H2,1-3H3,(H,17,19). The second-order valence-corrected chi connectivity index (χ2v) is 5.77. The molecule has 0 saturated carbocycles. The van der Waals surface area contributed by atoms with Crippen LogP contribution < -0.4 is 10.6 Å². The minimum Gasteiger partial charge on any atom is -0.459 e. The van der Waals surface area contributed by atoms with Crippen molar-refractivity contribution in [1.29, 1.82) is 0 Å². The molecule has 2 rings (SSSR count). The lowest BCUT2D eigenvalue weighted by atomic mass is 10.0. The summed E-state index contributed by atoms with van der Waals surface area (Å²) in [5.41, 5.74) is 0. The minimum atomic E-state index is -0.548. The van der Waals surface area contributed by atoms with E-state index in [1.165, 1.54) is 6.26 Å². The maximum absolute atomic E-state index is 12.6. The van der Waals surface area contributed by atoms with E-state index in [1.807, 2.05) is 13.8 Å². The van der Waals surface area contributed by atoms with Gasteiger partial charge >= 0.3 is 0 Å². The van der Waals surface area contributed by atoms with Crippen LogP contribution in [-0.4, -0.2) is 48.9 Å². The summed E-state index contributed by atoms with van der Waals surface area (Å²) in [6, 6.07) is 2.88. The van der Waals surface area contributed by atoms with Crippen molar-refractivity contribution in [2.24, 2.45) is 5.92 Å². The van der Waals surface area contributed by atoms with Crippen LogP contribution >= 0.6 is 0 Å². The molecule has 116 valence electrons. The zero-order valence-electron chi connectivity index (χ0n) is 12.8. The molecule has 0 bridgehead atoms. The van der Waals surface area contributed by atoms with E-state index in [0.29, 0.717) is 0 Å². The molecule has 1 aliphatic heterocycles. The maximum atomic E-state index is 12.6.